The zero-order valence-corrected chi connectivity index (χ0v) is 17.6. The van der Waals surface area contributed by atoms with Gasteiger partial charge in [0.1, 0.15) is 5.82 Å². The summed E-state index contributed by atoms with van der Waals surface area (Å²) >= 11 is 0. The molecule has 0 bridgehead atoms. The first-order valence-electron chi connectivity index (χ1n) is 10.5. The number of pyridine rings is 1. The number of carbonyl (C=O) groups excluding carboxylic acids is 1. The van der Waals surface area contributed by atoms with E-state index in [1.165, 1.54) is 0 Å². The van der Waals surface area contributed by atoms with Gasteiger partial charge in [-0.2, -0.15) is 0 Å². The van der Waals surface area contributed by atoms with Crippen molar-refractivity contribution in [2.24, 2.45) is 0 Å². The van der Waals surface area contributed by atoms with E-state index in [9.17, 15) is 9.18 Å². The molecule has 0 atom stereocenters. The Hall–Kier alpha value is -3.25. The van der Waals surface area contributed by atoms with Crippen LogP contribution in [0.1, 0.15) is 16.8 Å². The van der Waals surface area contributed by atoms with Crippen LogP contribution in [0.15, 0.2) is 60.8 Å². The standard InChI is InChI=1S/C25H26FN3O2/c1-18-3-2-4-19(13-18)16-28-25(30)14-21-6-5-20(17-27-21)23-8-7-22(15-24(23)26)29-9-11-31-12-10-29/h2-8,13,15,17H,9-12,14,16H2,1H3,(H,28,30). The number of anilines is 1. The minimum Gasteiger partial charge on any atom is -0.378 e. The Morgan fingerprint density at radius 2 is 1.97 bits per heavy atom. The Morgan fingerprint density at radius 1 is 1.13 bits per heavy atom. The Kier molecular flexibility index (Phi) is 6.57. The molecule has 6 heteroatoms. The number of aryl methyl sites for hydroxylation is 1. The van der Waals surface area contributed by atoms with Crippen molar-refractivity contribution >= 4 is 11.6 Å². The van der Waals surface area contributed by atoms with Crippen LogP contribution >= 0.6 is 0 Å². The van der Waals surface area contributed by atoms with Gasteiger partial charge in [0.15, 0.2) is 0 Å². The third-order valence-electron chi connectivity index (χ3n) is 5.38. The van der Waals surface area contributed by atoms with E-state index in [0.29, 0.717) is 36.6 Å². The smallest absolute Gasteiger partial charge is 0.226 e. The van der Waals surface area contributed by atoms with Crippen LogP contribution in [0.3, 0.4) is 0 Å². The molecule has 2 aromatic carbocycles. The lowest BCUT2D eigenvalue weighted by Crippen LogP contribution is -2.36. The second kappa shape index (κ2) is 9.71. The Bertz CT molecular complexity index is 1050. The Morgan fingerprint density at radius 3 is 2.68 bits per heavy atom. The average molecular weight is 420 g/mol. The van der Waals surface area contributed by atoms with Crippen molar-refractivity contribution in [1.29, 1.82) is 0 Å². The summed E-state index contributed by atoms with van der Waals surface area (Å²) in [6, 6.07) is 16.9. The zero-order valence-electron chi connectivity index (χ0n) is 17.6. The molecule has 1 aliphatic rings. The predicted molar refractivity (Wildman–Crippen MR) is 119 cm³/mol. The van der Waals surface area contributed by atoms with Crippen LogP contribution in [0, 0.1) is 12.7 Å². The third kappa shape index (κ3) is 5.47. The Labute approximate surface area is 181 Å². The molecule has 1 saturated heterocycles. The first-order valence-corrected chi connectivity index (χ1v) is 10.5. The van der Waals surface area contributed by atoms with Crippen LogP contribution in [-0.4, -0.2) is 37.2 Å². The summed E-state index contributed by atoms with van der Waals surface area (Å²) in [5.41, 5.74) is 4.92. The first-order chi connectivity index (χ1) is 15.1. The highest BCUT2D eigenvalue weighted by molar-refractivity contribution is 5.78. The van der Waals surface area contributed by atoms with Crippen molar-refractivity contribution in [2.75, 3.05) is 31.2 Å². The largest absolute Gasteiger partial charge is 0.378 e. The number of benzene rings is 2. The normalized spacial score (nSPS) is 13.8. The lowest BCUT2D eigenvalue weighted by molar-refractivity contribution is -0.120. The summed E-state index contributed by atoms with van der Waals surface area (Å²) in [7, 11) is 0. The fourth-order valence-corrected chi connectivity index (χ4v) is 3.69. The van der Waals surface area contributed by atoms with Gasteiger partial charge in [0.2, 0.25) is 5.91 Å². The number of nitrogens with zero attached hydrogens (tertiary/aromatic N) is 2. The van der Waals surface area contributed by atoms with Crippen molar-refractivity contribution in [1.82, 2.24) is 10.3 Å². The summed E-state index contributed by atoms with van der Waals surface area (Å²) in [5.74, 6) is -0.378. The molecule has 1 aromatic heterocycles. The second-order valence-corrected chi connectivity index (χ2v) is 7.74. The number of nitrogens with one attached hydrogen (secondary N) is 1. The number of amides is 1. The second-order valence-electron chi connectivity index (χ2n) is 7.74. The molecule has 1 N–H and O–H groups in total. The van der Waals surface area contributed by atoms with Crippen molar-refractivity contribution < 1.29 is 13.9 Å². The van der Waals surface area contributed by atoms with Gasteiger partial charge in [-0.1, -0.05) is 35.9 Å². The predicted octanol–water partition coefficient (Wildman–Crippen LogP) is 3.89. The Balaban J connectivity index is 1.37. The third-order valence-corrected chi connectivity index (χ3v) is 5.38. The molecule has 3 aromatic rings. The van der Waals surface area contributed by atoms with Gasteiger partial charge < -0.3 is 15.0 Å². The SMILES string of the molecule is Cc1cccc(CNC(=O)Cc2ccc(-c3ccc(N4CCOCC4)cc3F)cn2)c1. The molecule has 2 heterocycles. The maximum atomic E-state index is 14.7. The lowest BCUT2D eigenvalue weighted by Gasteiger charge is -2.29. The summed E-state index contributed by atoms with van der Waals surface area (Å²) in [6.07, 6.45) is 1.81. The summed E-state index contributed by atoms with van der Waals surface area (Å²) in [6.45, 7) is 5.36. The van der Waals surface area contributed by atoms with E-state index in [1.807, 2.05) is 43.3 Å². The van der Waals surface area contributed by atoms with Gasteiger partial charge in [-0.05, 0) is 36.8 Å². The molecule has 5 nitrogen and oxygen atoms in total. The molecular formula is C25H26FN3O2. The fraction of sp³-hybridized carbons (Fsp3) is 0.280. The van der Waals surface area contributed by atoms with Crippen LogP contribution in [0.5, 0.6) is 0 Å². The number of ether oxygens (including phenoxy) is 1. The number of carbonyl (C=O) groups is 1. The number of aromatic nitrogens is 1. The monoisotopic (exact) mass is 419 g/mol. The highest BCUT2D eigenvalue weighted by atomic mass is 19.1. The number of halogens is 1. The van der Waals surface area contributed by atoms with Gasteiger partial charge >= 0.3 is 0 Å². The quantitative estimate of drug-likeness (QED) is 0.659. The van der Waals surface area contributed by atoms with Crippen LogP contribution in [-0.2, 0) is 22.5 Å². The summed E-state index contributed by atoms with van der Waals surface area (Å²) in [4.78, 5) is 18.7. The topological polar surface area (TPSA) is 54.5 Å². The maximum Gasteiger partial charge on any atom is 0.226 e. The highest BCUT2D eigenvalue weighted by Gasteiger charge is 2.14. The number of hydrogen-bond acceptors (Lipinski definition) is 4. The molecule has 4 rings (SSSR count). The first kappa shape index (κ1) is 21.0. The molecule has 1 aliphatic heterocycles. The van der Waals surface area contributed by atoms with E-state index in [2.05, 4.69) is 15.2 Å². The van der Waals surface area contributed by atoms with Crippen LogP contribution in [0.4, 0.5) is 10.1 Å². The van der Waals surface area contributed by atoms with Gasteiger partial charge in [-0.15, -0.1) is 0 Å². The molecule has 0 unspecified atom stereocenters. The average Bonchev–Trinajstić information content (AvgIpc) is 2.79. The number of hydrogen-bond donors (Lipinski definition) is 1. The van der Waals surface area contributed by atoms with Gasteiger partial charge in [0.05, 0.1) is 19.6 Å². The molecular weight excluding hydrogens is 393 g/mol. The number of morpholine rings is 1. The molecule has 1 amide bonds. The van der Waals surface area contributed by atoms with E-state index >= 15 is 0 Å². The van der Waals surface area contributed by atoms with E-state index in [-0.39, 0.29) is 18.1 Å². The van der Waals surface area contributed by atoms with Crippen molar-refractivity contribution in [3.05, 3.63) is 83.4 Å². The van der Waals surface area contributed by atoms with E-state index in [4.69, 9.17) is 4.74 Å². The molecule has 0 aliphatic carbocycles. The van der Waals surface area contributed by atoms with Crippen molar-refractivity contribution in [3.8, 4) is 11.1 Å². The van der Waals surface area contributed by atoms with E-state index in [1.54, 1.807) is 24.4 Å². The van der Waals surface area contributed by atoms with Crippen LogP contribution in [0.2, 0.25) is 0 Å². The van der Waals surface area contributed by atoms with Crippen molar-refractivity contribution in [3.63, 3.8) is 0 Å². The lowest BCUT2D eigenvalue weighted by atomic mass is 10.1. The minimum atomic E-state index is -0.283. The molecule has 0 radical (unpaired) electrons. The zero-order chi connectivity index (χ0) is 21.6. The molecule has 1 fully saturated rings. The molecule has 0 saturated carbocycles. The fourth-order valence-electron chi connectivity index (χ4n) is 3.69. The van der Waals surface area contributed by atoms with Gasteiger partial charge in [0, 0.05) is 48.3 Å². The number of rotatable bonds is 6. The summed E-state index contributed by atoms with van der Waals surface area (Å²) < 4.78 is 20.1. The highest BCUT2D eigenvalue weighted by Crippen LogP contribution is 2.27. The van der Waals surface area contributed by atoms with Crippen molar-refractivity contribution in [2.45, 2.75) is 19.9 Å². The van der Waals surface area contributed by atoms with Crippen LogP contribution in [0.25, 0.3) is 11.1 Å². The van der Waals surface area contributed by atoms with Gasteiger partial charge in [0.25, 0.3) is 0 Å². The van der Waals surface area contributed by atoms with Gasteiger partial charge in [-0.25, -0.2) is 4.39 Å². The molecule has 31 heavy (non-hydrogen) atoms. The molecule has 0 spiro atoms. The van der Waals surface area contributed by atoms with E-state index in [0.717, 1.165) is 29.9 Å². The summed E-state index contributed by atoms with van der Waals surface area (Å²) in [5, 5.41) is 2.91. The minimum absolute atomic E-state index is 0.0946. The van der Waals surface area contributed by atoms with Gasteiger partial charge in [-0.3, -0.25) is 9.78 Å². The maximum absolute atomic E-state index is 14.7. The van der Waals surface area contributed by atoms with Crippen LogP contribution < -0.4 is 10.2 Å². The molecule has 160 valence electrons. The van der Waals surface area contributed by atoms with E-state index < -0.39 is 0 Å².